The molecule has 0 N–H and O–H groups in total. The zero-order chi connectivity index (χ0) is 11.5. The Kier molecular flexibility index (Phi) is 3.49. The Morgan fingerprint density at radius 2 is 2.27 bits per heavy atom. The van der Waals surface area contributed by atoms with E-state index in [0.29, 0.717) is 12.0 Å². The number of hydrogen-bond donors (Lipinski definition) is 0. The molecule has 0 amide bonds. The van der Waals surface area contributed by atoms with Gasteiger partial charge in [0, 0.05) is 0 Å². The van der Waals surface area contributed by atoms with Crippen molar-refractivity contribution >= 4 is 16.8 Å². The van der Waals surface area contributed by atoms with Crippen molar-refractivity contribution < 1.29 is 4.79 Å². The molecule has 0 saturated heterocycles. The molecule has 0 bridgehead atoms. The van der Waals surface area contributed by atoms with Crippen LogP contribution in [0.25, 0.3) is 0 Å². The van der Waals surface area contributed by atoms with Crippen LogP contribution in [0.1, 0.15) is 31.4 Å². The van der Waals surface area contributed by atoms with E-state index in [0.717, 1.165) is 5.56 Å². The standard InChI is InChI=1S/C12H12ClNO/c1-3-12(2,11(13)15)10-6-4-5-9(7-10)8-14/h4-7H,3H2,1-2H3. The fourth-order valence-corrected chi connectivity index (χ4v) is 1.63. The first-order valence-corrected chi connectivity index (χ1v) is 5.13. The maximum absolute atomic E-state index is 11.4. The molecule has 78 valence electrons. The summed E-state index contributed by atoms with van der Waals surface area (Å²) >= 11 is 5.59. The van der Waals surface area contributed by atoms with E-state index < -0.39 is 5.41 Å². The molecule has 0 aromatic heterocycles. The Morgan fingerprint density at radius 1 is 1.60 bits per heavy atom. The van der Waals surface area contributed by atoms with Crippen LogP contribution >= 0.6 is 11.6 Å². The molecular weight excluding hydrogens is 210 g/mol. The molecular formula is C12H12ClNO. The molecule has 1 aromatic rings. The number of carbonyl (C=O) groups excluding carboxylic acids is 1. The number of hydrogen-bond acceptors (Lipinski definition) is 2. The van der Waals surface area contributed by atoms with Crippen molar-refractivity contribution in [2.24, 2.45) is 0 Å². The van der Waals surface area contributed by atoms with Gasteiger partial charge in [0.15, 0.2) is 0 Å². The molecule has 0 fully saturated rings. The Labute approximate surface area is 94.5 Å². The molecule has 15 heavy (non-hydrogen) atoms. The molecule has 0 radical (unpaired) electrons. The topological polar surface area (TPSA) is 40.9 Å². The number of halogens is 1. The second-order valence-corrected chi connectivity index (χ2v) is 4.00. The van der Waals surface area contributed by atoms with E-state index in [9.17, 15) is 4.79 Å². The predicted octanol–water partition coefficient (Wildman–Crippen LogP) is 2.99. The Bertz CT molecular complexity index is 422. The minimum atomic E-state index is -0.700. The molecule has 1 aromatic carbocycles. The van der Waals surface area contributed by atoms with Gasteiger partial charge in [0.2, 0.25) is 5.24 Å². The van der Waals surface area contributed by atoms with E-state index in [1.807, 2.05) is 19.1 Å². The minimum Gasteiger partial charge on any atom is -0.280 e. The molecule has 0 aliphatic heterocycles. The van der Waals surface area contributed by atoms with Gasteiger partial charge < -0.3 is 0 Å². The van der Waals surface area contributed by atoms with Crippen LogP contribution in [0.4, 0.5) is 0 Å². The van der Waals surface area contributed by atoms with Crippen LogP contribution in [0.5, 0.6) is 0 Å². The maximum Gasteiger partial charge on any atom is 0.231 e. The van der Waals surface area contributed by atoms with Gasteiger partial charge in [-0.3, -0.25) is 4.79 Å². The largest absolute Gasteiger partial charge is 0.280 e. The van der Waals surface area contributed by atoms with Crippen molar-refractivity contribution in [3.8, 4) is 6.07 Å². The smallest absolute Gasteiger partial charge is 0.231 e. The van der Waals surface area contributed by atoms with Crippen LogP contribution in [-0.4, -0.2) is 5.24 Å². The normalized spacial score (nSPS) is 14.0. The second-order valence-electron chi connectivity index (χ2n) is 3.65. The van der Waals surface area contributed by atoms with Crippen molar-refractivity contribution in [1.82, 2.24) is 0 Å². The molecule has 1 atom stereocenters. The van der Waals surface area contributed by atoms with Gasteiger partial charge in [-0.25, -0.2) is 0 Å². The molecule has 0 spiro atoms. The summed E-state index contributed by atoms with van der Waals surface area (Å²) in [4.78, 5) is 11.4. The van der Waals surface area contributed by atoms with E-state index in [4.69, 9.17) is 16.9 Å². The van der Waals surface area contributed by atoms with Crippen LogP contribution in [0.3, 0.4) is 0 Å². The summed E-state index contributed by atoms with van der Waals surface area (Å²) in [6, 6.07) is 9.06. The van der Waals surface area contributed by atoms with E-state index in [1.54, 1.807) is 25.1 Å². The average Bonchev–Trinajstić information content (AvgIpc) is 2.27. The van der Waals surface area contributed by atoms with Crippen molar-refractivity contribution in [2.75, 3.05) is 0 Å². The van der Waals surface area contributed by atoms with Crippen molar-refractivity contribution in [2.45, 2.75) is 25.7 Å². The van der Waals surface area contributed by atoms with Crippen LogP contribution in [0, 0.1) is 11.3 Å². The van der Waals surface area contributed by atoms with E-state index in [1.165, 1.54) is 0 Å². The highest BCUT2D eigenvalue weighted by Crippen LogP contribution is 2.30. The lowest BCUT2D eigenvalue weighted by atomic mass is 9.81. The lowest BCUT2D eigenvalue weighted by molar-refractivity contribution is -0.116. The highest BCUT2D eigenvalue weighted by molar-refractivity contribution is 6.65. The first kappa shape index (κ1) is 11.7. The predicted molar refractivity (Wildman–Crippen MR) is 59.7 cm³/mol. The first-order chi connectivity index (χ1) is 7.04. The molecule has 3 heteroatoms. The van der Waals surface area contributed by atoms with E-state index >= 15 is 0 Å². The molecule has 0 heterocycles. The molecule has 1 unspecified atom stereocenters. The van der Waals surface area contributed by atoms with Gasteiger partial charge in [0.25, 0.3) is 0 Å². The summed E-state index contributed by atoms with van der Waals surface area (Å²) in [7, 11) is 0. The third-order valence-corrected chi connectivity index (χ3v) is 3.19. The number of benzene rings is 1. The third-order valence-electron chi connectivity index (χ3n) is 2.77. The molecule has 0 saturated carbocycles. The number of rotatable bonds is 3. The van der Waals surface area contributed by atoms with Crippen LogP contribution in [-0.2, 0) is 10.2 Å². The highest BCUT2D eigenvalue weighted by atomic mass is 35.5. The first-order valence-electron chi connectivity index (χ1n) is 4.75. The average molecular weight is 222 g/mol. The van der Waals surface area contributed by atoms with Crippen LogP contribution < -0.4 is 0 Å². The van der Waals surface area contributed by atoms with Gasteiger partial charge in [-0.15, -0.1) is 0 Å². The van der Waals surface area contributed by atoms with Crippen LogP contribution in [0.2, 0.25) is 0 Å². The third kappa shape index (κ3) is 2.19. The van der Waals surface area contributed by atoms with Gasteiger partial charge in [-0.05, 0) is 42.6 Å². The quantitative estimate of drug-likeness (QED) is 0.737. The van der Waals surface area contributed by atoms with E-state index in [2.05, 4.69) is 0 Å². The second kappa shape index (κ2) is 4.46. The van der Waals surface area contributed by atoms with Gasteiger partial charge in [0.1, 0.15) is 0 Å². The number of nitrogens with zero attached hydrogens (tertiary/aromatic N) is 1. The van der Waals surface area contributed by atoms with Gasteiger partial charge in [-0.2, -0.15) is 5.26 Å². The Balaban J connectivity index is 3.25. The maximum atomic E-state index is 11.4. The van der Waals surface area contributed by atoms with E-state index in [-0.39, 0.29) is 5.24 Å². The monoisotopic (exact) mass is 221 g/mol. The van der Waals surface area contributed by atoms with Gasteiger partial charge in [-0.1, -0.05) is 19.1 Å². The molecule has 0 aliphatic carbocycles. The SMILES string of the molecule is CCC(C)(C(=O)Cl)c1cccc(C#N)c1. The van der Waals surface area contributed by atoms with Crippen molar-refractivity contribution in [1.29, 1.82) is 5.26 Å². The van der Waals surface area contributed by atoms with Crippen molar-refractivity contribution in [3.63, 3.8) is 0 Å². The summed E-state index contributed by atoms with van der Waals surface area (Å²) in [5.74, 6) is 0. The lowest BCUT2D eigenvalue weighted by Gasteiger charge is -2.24. The summed E-state index contributed by atoms with van der Waals surface area (Å²) < 4.78 is 0. The number of carbonyl (C=O) groups is 1. The molecule has 2 nitrogen and oxygen atoms in total. The lowest BCUT2D eigenvalue weighted by Crippen LogP contribution is -2.28. The summed E-state index contributed by atoms with van der Waals surface area (Å²) in [6.45, 7) is 3.69. The Hall–Kier alpha value is -1.33. The zero-order valence-corrected chi connectivity index (χ0v) is 9.51. The zero-order valence-electron chi connectivity index (χ0n) is 8.75. The Morgan fingerprint density at radius 3 is 2.73 bits per heavy atom. The minimum absolute atomic E-state index is 0.389. The summed E-state index contributed by atoms with van der Waals surface area (Å²) in [5.41, 5.74) is 0.642. The van der Waals surface area contributed by atoms with Crippen molar-refractivity contribution in [3.05, 3.63) is 35.4 Å². The highest BCUT2D eigenvalue weighted by Gasteiger charge is 2.31. The van der Waals surface area contributed by atoms with Gasteiger partial charge in [0.05, 0.1) is 17.0 Å². The molecule has 0 aliphatic rings. The number of nitriles is 1. The molecule has 1 rings (SSSR count). The summed E-state index contributed by atoms with van der Waals surface area (Å²) in [5, 5.41) is 8.38. The summed E-state index contributed by atoms with van der Waals surface area (Å²) in [6.07, 6.45) is 0.615. The van der Waals surface area contributed by atoms with Gasteiger partial charge >= 0.3 is 0 Å². The van der Waals surface area contributed by atoms with Crippen LogP contribution in [0.15, 0.2) is 24.3 Å². The fourth-order valence-electron chi connectivity index (χ4n) is 1.39. The fraction of sp³-hybridized carbons (Fsp3) is 0.333.